The third-order valence-corrected chi connectivity index (χ3v) is 2.49. The topological polar surface area (TPSA) is 26.3 Å². The second-order valence-electron chi connectivity index (χ2n) is 3.62. The molecule has 14 heavy (non-hydrogen) atoms. The van der Waals surface area contributed by atoms with Crippen molar-refractivity contribution in [3.8, 4) is 5.75 Å². The van der Waals surface area contributed by atoms with Crippen LogP contribution in [0.15, 0.2) is 18.2 Å². The summed E-state index contributed by atoms with van der Waals surface area (Å²) in [6.07, 6.45) is 3.36. The number of benzene rings is 1. The van der Waals surface area contributed by atoms with Gasteiger partial charge in [0.2, 0.25) is 0 Å². The molecule has 0 unspecified atom stereocenters. The van der Waals surface area contributed by atoms with Crippen molar-refractivity contribution in [2.75, 3.05) is 6.61 Å². The van der Waals surface area contributed by atoms with Crippen molar-refractivity contribution in [1.82, 2.24) is 0 Å². The van der Waals surface area contributed by atoms with E-state index < -0.39 is 0 Å². The SMILES string of the molecule is CCOc1cc(C=O)ccc1C1CC1. The van der Waals surface area contributed by atoms with Gasteiger partial charge in [0, 0.05) is 5.56 Å². The zero-order valence-electron chi connectivity index (χ0n) is 8.32. The van der Waals surface area contributed by atoms with Gasteiger partial charge in [-0.2, -0.15) is 0 Å². The van der Waals surface area contributed by atoms with Gasteiger partial charge in [0.25, 0.3) is 0 Å². The maximum atomic E-state index is 10.6. The van der Waals surface area contributed by atoms with Crippen molar-refractivity contribution >= 4 is 6.29 Å². The van der Waals surface area contributed by atoms with Crippen LogP contribution in [0.25, 0.3) is 0 Å². The molecule has 1 aromatic rings. The van der Waals surface area contributed by atoms with Crippen molar-refractivity contribution < 1.29 is 9.53 Å². The first-order valence-corrected chi connectivity index (χ1v) is 5.07. The van der Waals surface area contributed by atoms with Crippen LogP contribution in [0.2, 0.25) is 0 Å². The van der Waals surface area contributed by atoms with Crippen LogP contribution in [0, 0.1) is 0 Å². The lowest BCUT2D eigenvalue weighted by atomic mass is 10.1. The Morgan fingerprint density at radius 3 is 2.86 bits per heavy atom. The minimum atomic E-state index is 0.655. The average Bonchev–Trinajstić information content (AvgIpc) is 3.02. The molecular formula is C12H14O2. The van der Waals surface area contributed by atoms with E-state index in [1.807, 2.05) is 25.1 Å². The van der Waals surface area contributed by atoms with Crippen LogP contribution in [0.4, 0.5) is 0 Å². The van der Waals surface area contributed by atoms with Gasteiger partial charge in [-0.15, -0.1) is 0 Å². The van der Waals surface area contributed by atoms with Gasteiger partial charge < -0.3 is 4.74 Å². The highest BCUT2D eigenvalue weighted by Crippen LogP contribution is 2.44. The van der Waals surface area contributed by atoms with E-state index in [1.54, 1.807) is 0 Å². The minimum absolute atomic E-state index is 0.655. The van der Waals surface area contributed by atoms with Crippen LogP contribution >= 0.6 is 0 Å². The fourth-order valence-corrected chi connectivity index (χ4v) is 1.64. The Kier molecular flexibility index (Phi) is 2.53. The largest absolute Gasteiger partial charge is 0.494 e. The smallest absolute Gasteiger partial charge is 0.150 e. The third kappa shape index (κ3) is 1.79. The molecule has 0 bridgehead atoms. The molecule has 1 aliphatic carbocycles. The standard InChI is InChI=1S/C12H14O2/c1-2-14-12-7-9(8-13)3-6-11(12)10-4-5-10/h3,6-8,10H,2,4-5H2,1H3. The normalized spacial score (nSPS) is 15.2. The highest BCUT2D eigenvalue weighted by molar-refractivity contribution is 5.76. The van der Waals surface area contributed by atoms with Crippen molar-refractivity contribution in [3.05, 3.63) is 29.3 Å². The van der Waals surface area contributed by atoms with E-state index in [4.69, 9.17) is 4.74 Å². The van der Waals surface area contributed by atoms with Gasteiger partial charge >= 0.3 is 0 Å². The first kappa shape index (κ1) is 9.25. The van der Waals surface area contributed by atoms with Crippen molar-refractivity contribution in [3.63, 3.8) is 0 Å². The minimum Gasteiger partial charge on any atom is -0.494 e. The molecule has 1 aromatic carbocycles. The lowest BCUT2D eigenvalue weighted by molar-refractivity contribution is 0.112. The molecule has 0 saturated heterocycles. The number of rotatable bonds is 4. The van der Waals surface area contributed by atoms with Gasteiger partial charge in [-0.05, 0) is 37.3 Å². The van der Waals surface area contributed by atoms with Gasteiger partial charge in [0.1, 0.15) is 12.0 Å². The Labute approximate surface area is 83.9 Å². The molecule has 0 N–H and O–H groups in total. The summed E-state index contributed by atoms with van der Waals surface area (Å²) < 4.78 is 5.52. The average molecular weight is 190 g/mol. The molecule has 2 rings (SSSR count). The van der Waals surface area contributed by atoms with Gasteiger partial charge in [0.05, 0.1) is 6.61 Å². The number of ether oxygens (including phenoxy) is 1. The van der Waals surface area contributed by atoms with Crippen molar-refractivity contribution in [1.29, 1.82) is 0 Å². The summed E-state index contributed by atoms with van der Waals surface area (Å²) >= 11 is 0. The van der Waals surface area contributed by atoms with E-state index >= 15 is 0 Å². The number of carbonyl (C=O) groups is 1. The van der Waals surface area contributed by atoms with E-state index in [0.29, 0.717) is 18.1 Å². The summed E-state index contributed by atoms with van der Waals surface area (Å²) in [6.45, 7) is 2.62. The first-order chi connectivity index (χ1) is 6.85. The molecule has 0 aliphatic heterocycles. The monoisotopic (exact) mass is 190 g/mol. The van der Waals surface area contributed by atoms with E-state index in [-0.39, 0.29) is 0 Å². The van der Waals surface area contributed by atoms with Gasteiger partial charge in [-0.25, -0.2) is 0 Å². The van der Waals surface area contributed by atoms with Gasteiger partial charge in [0.15, 0.2) is 0 Å². The number of hydrogen-bond donors (Lipinski definition) is 0. The number of aldehydes is 1. The molecule has 0 atom stereocenters. The first-order valence-electron chi connectivity index (χ1n) is 5.07. The molecule has 1 saturated carbocycles. The highest BCUT2D eigenvalue weighted by Gasteiger charge is 2.26. The molecule has 74 valence electrons. The zero-order chi connectivity index (χ0) is 9.97. The number of carbonyl (C=O) groups excluding carboxylic acids is 1. The molecule has 1 aliphatic rings. The van der Waals surface area contributed by atoms with Gasteiger partial charge in [-0.3, -0.25) is 4.79 Å². The Balaban J connectivity index is 2.32. The summed E-state index contributed by atoms with van der Waals surface area (Å²) in [7, 11) is 0. The maximum absolute atomic E-state index is 10.6. The molecule has 1 fully saturated rings. The molecule has 0 spiro atoms. The van der Waals surface area contributed by atoms with E-state index in [0.717, 1.165) is 12.0 Å². The molecule has 0 radical (unpaired) electrons. The fraction of sp³-hybridized carbons (Fsp3) is 0.417. The predicted octanol–water partition coefficient (Wildman–Crippen LogP) is 2.78. The summed E-state index contributed by atoms with van der Waals surface area (Å²) in [5, 5.41) is 0. The van der Waals surface area contributed by atoms with Crippen LogP contribution < -0.4 is 4.74 Å². The van der Waals surface area contributed by atoms with E-state index in [1.165, 1.54) is 18.4 Å². The summed E-state index contributed by atoms with van der Waals surface area (Å²) in [6, 6.07) is 5.72. The van der Waals surface area contributed by atoms with E-state index in [2.05, 4.69) is 0 Å². The van der Waals surface area contributed by atoms with Crippen LogP contribution in [-0.2, 0) is 0 Å². The molecule has 0 heterocycles. The fourth-order valence-electron chi connectivity index (χ4n) is 1.64. The maximum Gasteiger partial charge on any atom is 0.150 e. The summed E-state index contributed by atoms with van der Waals surface area (Å²) in [4.78, 5) is 10.6. The third-order valence-electron chi connectivity index (χ3n) is 2.49. The van der Waals surface area contributed by atoms with Crippen LogP contribution in [0.5, 0.6) is 5.75 Å². The molecule has 0 aromatic heterocycles. The Morgan fingerprint density at radius 1 is 1.50 bits per heavy atom. The Hall–Kier alpha value is -1.31. The van der Waals surface area contributed by atoms with Crippen molar-refractivity contribution in [2.24, 2.45) is 0 Å². The lowest BCUT2D eigenvalue weighted by Crippen LogP contribution is -1.96. The van der Waals surface area contributed by atoms with E-state index in [9.17, 15) is 4.79 Å². The second kappa shape index (κ2) is 3.82. The highest BCUT2D eigenvalue weighted by atomic mass is 16.5. The lowest BCUT2D eigenvalue weighted by Gasteiger charge is -2.09. The van der Waals surface area contributed by atoms with Gasteiger partial charge in [-0.1, -0.05) is 12.1 Å². The molecule has 2 nitrogen and oxygen atoms in total. The van der Waals surface area contributed by atoms with Crippen molar-refractivity contribution in [2.45, 2.75) is 25.7 Å². The Morgan fingerprint density at radius 2 is 2.29 bits per heavy atom. The van der Waals surface area contributed by atoms with Crippen LogP contribution in [-0.4, -0.2) is 12.9 Å². The second-order valence-corrected chi connectivity index (χ2v) is 3.62. The summed E-state index contributed by atoms with van der Waals surface area (Å²) in [5.41, 5.74) is 1.95. The molecule has 0 amide bonds. The summed E-state index contributed by atoms with van der Waals surface area (Å²) in [5.74, 6) is 1.55. The number of hydrogen-bond acceptors (Lipinski definition) is 2. The van der Waals surface area contributed by atoms with Crippen LogP contribution in [0.1, 0.15) is 41.6 Å². The Bertz CT molecular complexity index is 340. The van der Waals surface area contributed by atoms with Crippen LogP contribution in [0.3, 0.4) is 0 Å². The quantitative estimate of drug-likeness (QED) is 0.682. The predicted molar refractivity (Wildman–Crippen MR) is 55.0 cm³/mol. The zero-order valence-corrected chi connectivity index (χ0v) is 8.32. The molecule has 2 heteroatoms. The molecular weight excluding hydrogens is 176 g/mol.